The molecule has 0 unspecified atom stereocenters. The number of carboxylic acid groups (broad SMARTS) is 1. The number of aliphatic carboxylic acids is 1. The van der Waals surface area contributed by atoms with Crippen molar-refractivity contribution >= 4 is 11.9 Å². The highest BCUT2D eigenvalue weighted by molar-refractivity contribution is 5.94. The number of rotatable bonds is 5. The third-order valence-electron chi connectivity index (χ3n) is 2.75. The SMILES string of the molecule is CN(CCC(=O)O)C(=O)c1ccc(-c2nnco2)cc1. The molecule has 0 bridgehead atoms. The lowest BCUT2D eigenvalue weighted by Crippen LogP contribution is -2.28. The van der Waals surface area contributed by atoms with Crippen LogP contribution in [0.3, 0.4) is 0 Å². The zero-order chi connectivity index (χ0) is 14.5. The van der Waals surface area contributed by atoms with Gasteiger partial charge in [0.25, 0.3) is 5.91 Å². The minimum Gasteiger partial charge on any atom is -0.481 e. The largest absolute Gasteiger partial charge is 0.481 e. The average Bonchev–Trinajstić information content (AvgIpc) is 2.98. The molecule has 2 rings (SSSR count). The van der Waals surface area contributed by atoms with Crippen LogP contribution < -0.4 is 0 Å². The molecule has 1 aromatic heterocycles. The zero-order valence-electron chi connectivity index (χ0n) is 10.8. The van der Waals surface area contributed by atoms with Gasteiger partial charge in [0.2, 0.25) is 12.3 Å². The van der Waals surface area contributed by atoms with E-state index in [9.17, 15) is 9.59 Å². The fourth-order valence-electron chi connectivity index (χ4n) is 1.64. The molecule has 1 heterocycles. The number of aromatic nitrogens is 2. The lowest BCUT2D eigenvalue weighted by atomic mass is 10.1. The predicted molar refractivity (Wildman–Crippen MR) is 68.9 cm³/mol. The molecule has 104 valence electrons. The summed E-state index contributed by atoms with van der Waals surface area (Å²) >= 11 is 0. The van der Waals surface area contributed by atoms with Crippen molar-refractivity contribution < 1.29 is 19.1 Å². The van der Waals surface area contributed by atoms with Gasteiger partial charge >= 0.3 is 5.97 Å². The molecule has 0 radical (unpaired) electrons. The van der Waals surface area contributed by atoms with Crippen LogP contribution in [0.1, 0.15) is 16.8 Å². The number of carbonyl (C=O) groups excluding carboxylic acids is 1. The van der Waals surface area contributed by atoms with Crippen LogP contribution in [0.5, 0.6) is 0 Å². The lowest BCUT2D eigenvalue weighted by molar-refractivity contribution is -0.137. The van der Waals surface area contributed by atoms with Crippen LogP contribution in [0.25, 0.3) is 11.5 Å². The molecule has 20 heavy (non-hydrogen) atoms. The second kappa shape index (κ2) is 5.96. The van der Waals surface area contributed by atoms with Crippen LogP contribution in [0.2, 0.25) is 0 Å². The molecular weight excluding hydrogens is 262 g/mol. The summed E-state index contributed by atoms with van der Waals surface area (Å²) in [6, 6.07) is 6.68. The second-order valence-corrected chi connectivity index (χ2v) is 4.19. The third-order valence-corrected chi connectivity index (χ3v) is 2.75. The van der Waals surface area contributed by atoms with Gasteiger partial charge in [-0.05, 0) is 24.3 Å². The fraction of sp³-hybridized carbons (Fsp3) is 0.231. The molecule has 0 fully saturated rings. The summed E-state index contributed by atoms with van der Waals surface area (Å²) in [7, 11) is 1.57. The molecule has 0 saturated carbocycles. The smallest absolute Gasteiger partial charge is 0.305 e. The number of nitrogens with zero attached hydrogens (tertiary/aromatic N) is 3. The van der Waals surface area contributed by atoms with Crippen molar-refractivity contribution in [2.24, 2.45) is 0 Å². The standard InChI is InChI=1S/C13H13N3O4/c1-16(7-6-11(17)18)13(19)10-4-2-9(3-5-10)12-15-14-8-20-12/h2-5,8H,6-7H2,1H3,(H,17,18). The van der Waals surface area contributed by atoms with Crippen molar-refractivity contribution in [3.8, 4) is 11.5 Å². The van der Waals surface area contributed by atoms with Crippen LogP contribution in [-0.4, -0.2) is 45.7 Å². The van der Waals surface area contributed by atoms with Gasteiger partial charge in [-0.25, -0.2) is 0 Å². The predicted octanol–water partition coefficient (Wildman–Crippen LogP) is 1.28. The van der Waals surface area contributed by atoms with Gasteiger partial charge in [0.05, 0.1) is 6.42 Å². The summed E-state index contributed by atoms with van der Waals surface area (Å²) < 4.78 is 5.05. The van der Waals surface area contributed by atoms with Crippen LogP contribution in [0, 0.1) is 0 Å². The Balaban J connectivity index is 2.06. The van der Waals surface area contributed by atoms with Crippen LogP contribution >= 0.6 is 0 Å². The van der Waals surface area contributed by atoms with Crippen molar-refractivity contribution in [3.05, 3.63) is 36.2 Å². The molecule has 1 amide bonds. The van der Waals surface area contributed by atoms with Gasteiger partial charge in [-0.2, -0.15) is 0 Å². The maximum absolute atomic E-state index is 12.0. The Bertz CT molecular complexity index is 593. The van der Waals surface area contributed by atoms with E-state index < -0.39 is 5.97 Å². The summed E-state index contributed by atoms with van der Waals surface area (Å²) in [5.74, 6) is -0.789. The molecule has 0 saturated heterocycles. The van der Waals surface area contributed by atoms with Crippen LogP contribution in [-0.2, 0) is 4.79 Å². The quantitative estimate of drug-likeness (QED) is 0.883. The highest BCUT2D eigenvalue weighted by atomic mass is 16.4. The summed E-state index contributed by atoms with van der Waals surface area (Å²) in [5.41, 5.74) is 1.19. The molecule has 0 atom stereocenters. The number of hydrogen-bond acceptors (Lipinski definition) is 5. The van der Waals surface area contributed by atoms with E-state index >= 15 is 0 Å². The molecule has 0 aliphatic carbocycles. The van der Waals surface area contributed by atoms with Crippen LogP contribution in [0.4, 0.5) is 0 Å². The van der Waals surface area contributed by atoms with Gasteiger partial charge in [-0.1, -0.05) is 0 Å². The second-order valence-electron chi connectivity index (χ2n) is 4.19. The summed E-state index contributed by atoms with van der Waals surface area (Å²) in [6.45, 7) is 0.166. The first-order chi connectivity index (χ1) is 9.58. The Morgan fingerprint density at radius 1 is 1.30 bits per heavy atom. The Morgan fingerprint density at radius 3 is 2.55 bits per heavy atom. The monoisotopic (exact) mass is 275 g/mol. The topological polar surface area (TPSA) is 96.5 Å². The van der Waals surface area contributed by atoms with Gasteiger partial charge in [0, 0.05) is 24.7 Å². The highest BCUT2D eigenvalue weighted by Crippen LogP contribution is 2.17. The van der Waals surface area contributed by atoms with E-state index in [2.05, 4.69) is 10.2 Å². The van der Waals surface area contributed by atoms with Gasteiger partial charge in [0.1, 0.15) is 0 Å². The summed E-state index contributed by atoms with van der Waals surface area (Å²) in [4.78, 5) is 23.9. The van der Waals surface area contributed by atoms with E-state index in [1.165, 1.54) is 11.3 Å². The minimum atomic E-state index is -0.934. The molecule has 1 aromatic carbocycles. The molecule has 0 spiro atoms. The number of benzene rings is 1. The summed E-state index contributed by atoms with van der Waals surface area (Å²) in [6.07, 6.45) is 1.15. The minimum absolute atomic E-state index is 0.0810. The molecular formula is C13H13N3O4. The Hall–Kier alpha value is -2.70. The van der Waals surface area contributed by atoms with Gasteiger partial charge in [-0.15, -0.1) is 10.2 Å². The molecule has 7 nitrogen and oxygen atoms in total. The molecule has 1 N–H and O–H groups in total. The molecule has 0 aliphatic heterocycles. The van der Waals surface area contributed by atoms with E-state index in [1.54, 1.807) is 31.3 Å². The molecule has 7 heteroatoms. The van der Waals surface area contributed by atoms with E-state index in [4.69, 9.17) is 9.52 Å². The number of carboxylic acids is 1. The van der Waals surface area contributed by atoms with Gasteiger partial charge in [-0.3, -0.25) is 9.59 Å². The fourth-order valence-corrected chi connectivity index (χ4v) is 1.64. The van der Waals surface area contributed by atoms with Crippen molar-refractivity contribution in [3.63, 3.8) is 0 Å². The van der Waals surface area contributed by atoms with E-state index in [1.807, 2.05) is 0 Å². The third kappa shape index (κ3) is 3.19. The van der Waals surface area contributed by atoms with Crippen molar-refractivity contribution in [1.82, 2.24) is 15.1 Å². The molecule has 2 aromatic rings. The molecule has 0 aliphatic rings. The van der Waals surface area contributed by atoms with Crippen molar-refractivity contribution in [2.45, 2.75) is 6.42 Å². The first-order valence-electron chi connectivity index (χ1n) is 5.92. The van der Waals surface area contributed by atoms with Crippen molar-refractivity contribution in [1.29, 1.82) is 0 Å². The number of carbonyl (C=O) groups is 2. The Labute approximate surface area is 114 Å². The Morgan fingerprint density at radius 2 is 2.00 bits per heavy atom. The number of amides is 1. The van der Waals surface area contributed by atoms with E-state index in [-0.39, 0.29) is 18.9 Å². The normalized spacial score (nSPS) is 10.2. The van der Waals surface area contributed by atoms with Gasteiger partial charge in [0.15, 0.2) is 0 Å². The first kappa shape index (κ1) is 13.7. The van der Waals surface area contributed by atoms with E-state index in [0.717, 1.165) is 0 Å². The van der Waals surface area contributed by atoms with E-state index in [0.29, 0.717) is 17.0 Å². The van der Waals surface area contributed by atoms with Crippen molar-refractivity contribution in [2.75, 3.05) is 13.6 Å². The summed E-state index contributed by atoms with van der Waals surface area (Å²) in [5, 5.41) is 15.9. The van der Waals surface area contributed by atoms with Gasteiger partial charge < -0.3 is 14.4 Å². The van der Waals surface area contributed by atoms with Crippen LogP contribution in [0.15, 0.2) is 35.1 Å². The zero-order valence-corrected chi connectivity index (χ0v) is 10.8. The average molecular weight is 275 g/mol. The number of hydrogen-bond donors (Lipinski definition) is 1. The first-order valence-corrected chi connectivity index (χ1v) is 5.92. The highest BCUT2D eigenvalue weighted by Gasteiger charge is 2.13. The Kier molecular flexibility index (Phi) is 4.09. The lowest BCUT2D eigenvalue weighted by Gasteiger charge is -2.16. The maximum atomic E-state index is 12.0. The maximum Gasteiger partial charge on any atom is 0.305 e.